The lowest BCUT2D eigenvalue weighted by Gasteiger charge is -2.18. The maximum atomic E-state index is 5.57. The Morgan fingerprint density at radius 3 is 1.03 bits per heavy atom. The monoisotopic (exact) mass is 944 g/mol. The van der Waals surface area contributed by atoms with Gasteiger partial charge < -0.3 is 0 Å². The Morgan fingerprint density at radius 1 is 0.444 bits per heavy atom. The van der Waals surface area contributed by atoms with Gasteiger partial charge in [0.1, 0.15) is 4.84 Å². The SMILES string of the molecule is Brc1ccccc1.CC(C)(C)c1ccccc1.CCC(C)c1ccccc1.CCc1ccccc1.CCc1ccccc1CC.Cc1cc(C)cc(C)c1.ClC(Cl)c1ccccc1. The average Bonchev–Trinajstić information content (AvgIpc) is 3.30. The van der Waals surface area contributed by atoms with E-state index in [4.69, 9.17) is 23.2 Å². The van der Waals surface area contributed by atoms with Gasteiger partial charge in [-0.25, -0.2) is 0 Å². The van der Waals surface area contributed by atoms with Crippen molar-refractivity contribution in [2.75, 3.05) is 0 Å². The van der Waals surface area contributed by atoms with E-state index >= 15 is 0 Å². The molecule has 1 unspecified atom stereocenters. The number of alkyl halides is 2. The summed E-state index contributed by atoms with van der Waals surface area (Å²) in [5.74, 6) is 0.709. The first-order valence-corrected chi connectivity index (χ1v) is 24.1. The molecule has 0 radical (unpaired) electrons. The Hall–Kier alpha value is -4.40. The van der Waals surface area contributed by atoms with Crippen LogP contribution in [0.4, 0.5) is 0 Å². The molecular formula is C60H75BrCl2. The van der Waals surface area contributed by atoms with Crippen LogP contribution in [-0.4, -0.2) is 0 Å². The second kappa shape index (κ2) is 34.1. The third-order valence-electron chi connectivity index (χ3n) is 9.90. The topological polar surface area (TPSA) is 0 Å². The van der Waals surface area contributed by atoms with Crippen molar-refractivity contribution in [2.24, 2.45) is 0 Å². The molecule has 0 heterocycles. The van der Waals surface area contributed by atoms with Crippen LogP contribution in [0.15, 0.2) is 199 Å². The molecule has 63 heavy (non-hydrogen) atoms. The van der Waals surface area contributed by atoms with Crippen LogP contribution in [0.25, 0.3) is 0 Å². The Bertz CT molecular complexity index is 2040. The molecule has 0 spiro atoms. The predicted molar refractivity (Wildman–Crippen MR) is 287 cm³/mol. The van der Waals surface area contributed by atoms with Gasteiger partial charge in [0, 0.05) is 4.47 Å². The molecule has 7 rings (SSSR count). The summed E-state index contributed by atoms with van der Waals surface area (Å²) in [4.78, 5) is -0.397. The van der Waals surface area contributed by atoms with E-state index in [0.29, 0.717) is 11.3 Å². The van der Waals surface area contributed by atoms with Crippen LogP contribution in [-0.2, 0) is 24.7 Å². The van der Waals surface area contributed by atoms with Crippen molar-refractivity contribution >= 4 is 39.1 Å². The highest BCUT2D eigenvalue weighted by molar-refractivity contribution is 9.10. The van der Waals surface area contributed by atoms with Gasteiger partial charge in [-0.3, -0.25) is 0 Å². The van der Waals surface area contributed by atoms with Crippen LogP contribution in [0.2, 0.25) is 0 Å². The molecule has 0 saturated heterocycles. The number of aryl methyl sites for hydroxylation is 6. The molecule has 0 aliphatic rings. The Morgan fingerprint density at radius 2 is 0.778 bits per heavy atom. The standard InChI is InChI=1S/3C10H14.C9H12.C8H10.C7H6Cl2.C6H5Br/c1-10(2,3)9-7-5-4-6-8-9;1-3-9(2)10-7-5-4-6-8-10;1-3-9-7-5-6-8-10(9)4-2;1-7-4-8(2)6-9(3)5-7;1-2-8-6-4-3-5-7-8;8-7(9)6-4-2-1-3-5-6;7-6-4-2-1-3-5-6/h4-8H,1-3H3;4-9H,3H2,1-2H3;5-8H,3-4H2,1-2H3;4-6H,1-3H3;3-7H,2H2,1H3;1-5,7H;1-5H. The zero-order valence-corrected chi connectivity index (χ0v) is 43.2. The summed E-state index contributed by atoms with van der Waals surface area (Å²) >= 11 is 14.4. The molecule has 0 amide bonds. The molecule has 7 aromatic rings. The summed E-state index contributed by atoms with van der Waals surface area (Å²) < 4.78 is 1.13. The van der Waals surface area contributed by atoms with E-state index in [1.807, 2.05) is 66.7 Å². The lowest BCUT2D eigenvalue weighted by atomic mass is 9.87. The zero-order valence-electron chi connectivity index (χ0n) is 40.1. The van der Waals surface area contributed by atoms with Crippen LogP contribution in [0.1, 0.15) is 123 Å². The molecule has 0 aliphatic heterocycles. The summed E-state index contributed by atoms with van der Waals surface area (Å²) in [5.41, 5.74) is 12.5. The zero-order chi connectivity index (χ0) is 46.9. The minimum Gasteiger partial charge on any atom is -0.100 e. The number of benzene rings is 7. The van der Waals surface area contributed by atoms with E-state index < -0.39 is 4.84 Å². The van der Waals surface area contributed by atoms with Gasteiger partial charge in [-0.05, 0) is 103 Å². The third kappa shape index (κ3) is 27.4. The summed E-state index contributed by atoms with van der Waals surface area (Å²) in [6, 6.07) is 66.3. The molecule has 0 N–H and O–H groups in total. The smallest absolute Gasteiger partial charge is 0.100 e. The normalized spacial score (nSPS) is 10.4. The minimum atomic E-state index is -0.397. The van der Waals surface area contributed by atoms with Gasteiger partial charge in [0.05, 0.1) is 0 Å². The van der Waals surface area contributed by atoms with E-state index in [2.05, 4.69) is 219 Å². The Labute approximate surface area is 403 Å². The van der Waals surface area contributed by atoms with Gasteiger partial charge in [-0.1, -0.05) is 270 Å². The first kappa shape index (κ1) is 56.6. The summed E-state index contributed by atoms with van der Waals surface area (Å²) in [7, 11) is 0. The molecule has 0 saturated carbocycles. The highest BCUT2D eigenvalue weighted by atomic mass is 79.9. The fourth-order valence-corrected chi connectivity index (χ4v) is 6.73. The number of hydrogen-bond acceptors (Lipinski definition) is 0. The van der Waals surface area contributed by atoms with E-state index in [9.17, 15) is 0 Å². The molecule has 7 aromatic carbocycles. The first-order chi connectivity index (χ1) is 30.1. The van der Waals surface area contributed by atoms with Crippen LogP contribution >= 0.6 is 39.1 Å². The van der Waals surface area contributed by atoms with Crippen molar-refractivity contribution in [3.8, 4) is 0 Å². The second-order valence-corrected chi connectivity index (χ2v) is 18.3. The lowest BCUT2D eigenvalue weighted by Crippen LogP contribution is -2.10. The molecule has 3 heteroatoms. The van der Waals surface area contributed by atoms with Crippen molar-refractivity contribution in [2.45, 2.75) is 118 Å². The molecule has 0 aliphatic carbocycles. The van der Waals surface area contributed by atoms with Crippen molar-refractivity contribution in [1.82, 2.24) is 0 Å². The average molecular weight is 947 g/mol. The number of hydrogen-bond donors (Lipinski definition) is 0. The second-order valence-electron chi connectivity index (χ2n) is 16.3. The summed E-state index contributed by atoms with van der Waals surface area (Å²) in [5, 5.41) is 0. The lowest BCUT2D eigenvalue weighted by molar-refractivity contribution is 0.590. The molecule has 0 nitrogen and oxygen atoms in total. The van der Waals surface area contributed by atoms with E-state index in [0.717, 1.165) is 29.3 Å². The quantitative estimate of drug-likeness (QED) is 0.146. The Kier molecular flexibility index (Phi) is 30.6. The molecule has 0 bridgehead atoms. The highest BCUT2D eigenvalue weighted by Crippen LogP contribution is 2.23. The molecule has 0 aromatic heterocycles. The minimum absolute atomic E-state index is 0.293. The fraction of sp³-hybridized carbons (Fsp3) is 0.300. The van der Waals surface area contributed by atoms with Crippen molar-refractivity contribution in [3.05, 3.63) is 249 Å². The maximum absolute atomic E-state index is 5.57. The van der Waals surface area contributed by atoms with Crippen molar-refractivity contribution < 1.29 is 0 Å². The van der Waals surface area contributed by atoms with E-state index in [1.54, 1.807) is 0 Å². The van der Waals surface area contributed by atoms with Gasteiger partial charge in [0.2, 0.25) is 0 Å². The molecule has 0 fully saturated rings. The first-order valence-electron chi connectivity index (χ1n) is 22.4. The van der Waals surface area contributed by atoms with Crippen molar-refractivity contribution in [3.63, 3.8) is 0 Å². The van der Waals surface area contributed by atoms with E-state index in [-0.39, 0.29) is 0 Å². The van der Waals surface area contributed by atoms with Gasteiger partial charge in [0.15, 0.2) is 0 Å². The van der Waals surface area contributed by atoms with Gasteiger partial charge >= 0.3 is 0 Å². The molecular weight excluding hydrogens is 871 g/mol. The van der Waals surface area contributed by atoms with Gasteiger partial charge in [-0.2, -0.15) is 0 Å². The van der Waals surface area contributed by atoms with Crippen molar-refractivity contribution in [1.29, 1.82) is 0 Å². The summed E-state index contributed by atoms with van der Waals surface area (Å²) in [6.45, 7) is 24.1. The maximum Gasteiger partial charge on any atom is 0.132 e. The number of halogens is 3. The van der Waals surface area contributed by atoms with Crippen LogP contribution in [0.5, 0.6) is 0 Å². The number of rotatable bonds is 6. The highest BCUT2D eigenvalue weighted by Gasteiger charge is 2.11. The van der Waals surface area contributed by atoms with E-state index in [1.165, 1.54) is 50.9 Å². The van der Waals surface area contributed by atoms with Crippen LogP contribution in [0.3, 0.4) is 0 Å². The fourth-order valence-electron chi connectivity index (χ4n) is 6.13. The predicted octanol–water partition coefficient (Wildman–Crippen LogP) is 19.5. The molecule has 336 valence electrons. The third-order valence-corrected chi connectivity index (χ3v) is 10.9. The van der Waals surface area contributed by atoms with Gasteiger partial charge in [-0.15, -0.1) is 23.2 Å². The van der Waals surface area contributed by atoms with Crippen LogP contribution < -0.4 is 0 Å². The largest absolute Gasteiger partial charge is 0.132 e. The Balaban J connectivity index is 0.000000368. The van der Waals surface area contributed by atoms with Gasteiger partial charge in [0.25, 0.3) is 0 Å². The molecule has 1 atom stereocenters. The van der Waals surface area contributed by atoms with Crippen LogP contribution in [0, 0.1) is 20.8 Å². The summed E-state index contributed by atoms with van der Waals surface area (Å²) in [6.07, 6.45) is 4.68.